The van der Waals surface area contributed by atoms with Gasteiger partial charge in [-0.25, -0.2) is 17.2 Å². The van der Waals surface area contributed by atoms with Gasteiger partial charge in [-0.15, -0.1) is 0 Å². The number of rotatable bonds is 4. The molecule has 0 spiro atoms. The largest absolute Gasteiger partial charge is 0.279 e. The Balaban J connectivity index is 2.44. The molecule has 0 aromatic heterocycles. The van der Waals surface area contributed by atoms with E-state index in [-0.39, 0.29) is 4.90 Å². The summed E-state index contributed by atoms with van der Waals surface area (Å²) >= 11 is 0. The fourth-order valence-corrected chi connectivity index (χ4v) is 3.19. The summed E-state index contributed by atoms with van der Waals surface area (Å²) in [5.41, 5.74) is 2.08. The lowest BCUT2D eigenvalue weighted by Crippen LogP contribution is -2.15. The van der Waals surface area contributed by atoms with E-state index in [1.165, 1.54) is 0 Å². The lowest BCUT2D eigenvalue weighted by molar-refractivity contribution is 0.504. The maximum atomic E-state index is 13.2. The van der Waals surface area contributed by atoms with Gasteiger partial charge in [0.05, 0.1) is 10.6 Å². The molecule has 0 bridgehead atoms. The van der Waals surface area contributed by atoms with Crippen molar-refractivity contribution in [2.24, 2.45) is 0 Å². The van der Waals surface area contributed by atoms with Gasteiger partial charge in [0.15, 0.2) is 11.6 Å². The number of anilines is 1. The second-order valence-corrected chi connectivity index (χ2v) is 6.33. The molecule has 0 atom stereocenters. The molecule has 2 aromatic carbocycles. The van der Waals surface area contributed by atoms with Crippen LogP contribution in [0.2, 0.25) is 0 Å². The van der Waals surface area contributed by atoms with Gasteiger partial charge in [0.2, 0.25) is 0 Å². The molecule has 0 radical (unpaired) electrons. The predicted molar refractivity (Wildman–Crippen MR) is 77.7 cm³/mol. The molecule has 2 rings (SSSR count). The number of benzene rings is 2. The number of sulfonamides is 1. The highest BCUT2D eigenvalue weighted by Gasteiger charge is 2.18. The standard InChI is InChI=1S/C15H15F2NO2S/c1-3-11-6-4-5-10(2)15(11)18-21(19,20)12-7-8-13(16)14(17)9-12/h4-9,18H,3H2,1-2H3. The fourth-order valence-electron chi connectivity index (χ4n) is 2.01. The van der Waals surface area contributed by atoms with E-state index < -0.39 is 21.7 Å². The zero-order valence-corrected chi connectivity index (χ0v) is 12.5. The van der Waals surface area contributed by atoms with Crippen molar-refractivity contribution in [3.63, 3.8) is 0 Å². The van der Waals surface area contributed by atoms with Crippen molar-refractivity contribution in [1.29, 1.82) is 0 Å². The first kappa shape index (κ1) is 15.4. The molecule has 0 heterocycles. The SMILES string of the molecule is CCc1cccc(C)c1NS(=O)(=O)c1ccc(F)c(F)c1. The summed E-state index contributed by atoms with van der Waals surface area (Å²) in [7, 11) is -3.96. The molecule has 0 aliphatic heterocycles. The molecule has 112 valence electrons. The van der Waals surface area contributed by atoms with E-state index in [1.807, 2.05) is 19.1 Å². The van der Waals surface area contributed by atoms with Crippen LogP contribution in [0.3, 0.4) is 0 Å². The third-order valence-electron chi connectivity index (χ3n) is 3.18. The highest BCUT2D eigenvalue weighted by molar-refractivity contribution is 7.92. The lowest BCUT2D eigenvalue weighted by atomic mass is 10.1. The first-order chi connectivity index (χ1) is 9.85. The molecule has 0 aliphatic carbocycles. The highest BCUT2D eigenvalue weighted by Crippen LogP contribution is 2.25. The summed E-state index contributed by atoms with van der Waals surface area (Å²) in [6, 6.07) is 7.93. The molecule has 0 unspecified atom stereocenters. The summed E-state index contributed by atoms with van der Waals surface area (Å²) in [6.45, 7) is 3.69. The number of hydrogen-bond acceptors (Lipinski definition) is 2. The van der Waals surface area contributed by atoms with E-state index in [0.717, 1.165) is 23.3 Å². The van der Waals surface area contributed by atoms with Crippen LogP contribution < -0.4 is 4.72 Å². The zero-order chi connectivity index (χ0) is 15.6. The van der Waals surface area contributed by atoms with E-state index in [1.54, 1.807) is 13.0 Å². The molecule has 0 saturated carbocycles. The Morgan fingerprint density at radius 1 is 1.10 bits per heavy atom. The molecular formula is C15H15F2NO2S. The number of hydrogen-bond donors (Lipinski definition) is 1. The third kappa shape index (κ3) is 3.21. The van der Waals surface area contributed by atoms with Crippen molar-refractivity contribution in [3.8, 4) is 0 Å². The van der Waals surface area contributed by atoms with Crippen LogP contribution >= 0.6 is 0 Å². The van der Waals surface area contributed by atoms with Crippen molar-refractivity contribution < 1.29 is 17.2 Å². The Morgan fingerprint density at radius 3 is 2.43 bits per heavy atom. The van der Waals surface area contributed by atoms with Crippen LogP contribution in [-0.4, -0.2) is 8.42 Å². The molecule has 0 amide bonds. The van der Waals surface area contributed by atoms with Crippen LogP contribution in [-0.2, 0) is 16.4 Å². The third-order valence-corrected chi connectivity index (χ3v) is 4.53. The van der Waals surface area contributed by atoms with Crippen LogP contribution in [0.1, 0.15) is 18.1 Å². The van der Waals surface area contributed by atoms with Crippen molar-refractivity contribution in [2.75, 3.05) is 4.72 Å². The Hall–Kier alpha value is -1.95. The maximum Gasteiger partial charge on any atom is 0.262 e. The van der Waals surface area contributed by atoms with Crippen LogP contribution in [0, 0.1) is 18.6 Å². The van der Waals surface area contributed by atoms with Crippen LogP contribution in [0.25, 0.3) is 0 Å². The maximum absolute atomic E-state index is 13.2. The van der Waals surface area contributed by atoms with Crippen LogP contribution in [0.15, 0.2) is 41.3 Å². The second-order valence-electron chi connectivity index (χ2n) is 4.64. The normalized spacial score (nSPS) is 11.4. The Kier molecular flexibility index (Phi) is 4.27. The average molecular weight is 311 g/mol. The van der Waals surface area contributed by atoms with E-state index in [4.69, 9.17) is 0 Å². The number of halogens is 2. The van der Waals surface area contributed by atoms with Gasteiger partial charge in [-0.05, 0) is 42.7 Å². The van der Waals surface area contributed by atoms with Gasteiger partial charge in [-0.3, -0.25) is 4.72 Å². The van der Waals surface area contributed by atoms with Gasteiger partial charge in [-0.2, -0.15) is 0 Å². The second kappa shape index (κ2) is 5.81. The van der Waals surface area contributed by atoms with Crippen molar-refractivity contribution in [2.45, 2.75) is 25.2 Å². The minimum Gasteiger partial charge on any atom is -0.279 e. The van der Waals surface area contributed by atoms with Gasteiger partial charge < -0.3 is 0 Å². The predicted octanol–water partition coefficient (Wildman–Crippen LogP) is 3.64. The molecule has 1 N–H and O–H groups in total. The molecule has 0 fully saturated rings. The van der Waals surface area contributed by atoms with Crippen molar-refractivity contribution in [3.05, 3.63) is 59.2 Å². The Labute approximate surface area is 122 Å². The topological polar surface area (TPSA) is 46.2 Å². The summed E-state index contributed by atoms with van der Waals surface area (Å²) in [5.74, 6) is -2.28. The van der Waals surface area contributed by atoms with Crippen molar-refractivity contribution in [1.82, 2.24) is 0 Å². The summed E-state index contributed by atoms with van der Waals surface area (Å²) in [5, 5.41) is 0. The smallest absolute Gasteiger partial charge is 0.262 e. The minimum absolute atomic E-state index is 0.313. The molecule has 3 nitrogen and oxygen atoms in total. The highest BCUT2D eigenvalue weighted by atomic mass is 32.2. The fraction of sp³-hybridized carbons (Fsp3) is 0.200. The number of aryl methyl sites for hydroxylation is 2. The molecule has 0 saturated heterocycles. The quantitative estimate of drug-likeness (QED) is 0.937. The molecule has 6 heteroatoms. The minimum atomic E-state index is -3.96. The molecule has 0 aliphatic rings. The molecule has 21 heavy (non-hydrogen) atoms. The van der Waals surface area contributed by atoms with E-state index in [0.29, 0.717) is 18.2 Å². The van der Waals surface area contributed by atoms with Gasteiger partial charge in [0.25, 0.3) is 10.0 Å². The van der Waals surface area contributed by atoms with E-state index in [2.05, 4.69) is 4.72 Å². The first-order valence-corrected chi connectivity index (χ1v) is 7.90. The lowest BCUT2D eigenvalue weighted by Gasteiger charge is -2.14. The van der Waals surface area contributed by atoms with Crippen LogP contribution in [0.5, 0.6) is 0 Å². The first-order valence-electron chi connectivity index (χ1n) is 6.41. The number of nitrogens with one attached hydrogen (secondary N) is 1. The Bertz CT molecular complexity index is 773. The summed E-state index contributed by atoms with van der Waals surface area (Å²) in [4.78, 5) is -0.313. The van der Waals surface area contributed by atoms with Gasteiger partial charge in [-0.1, -0.05) is 25.1 Å². The summed E-state index contributed by atoms with van der Waals surface area (Å²) in [6.07, 6.45) is 0.650. The van der Waals surface area contributed by atoms with E-state index >= 15 is 0 Å². The zero-order valence-electron chi connectivity index (χ0n) is 11.7. The van der Waals surface area contributed by atoms with Gasteiger partial charge in [0.1, 0.15) is 0 Å². The van der Waals surface area contributed by atoms with Crippen LogP contribution in [0.4, 0.5) is 14.5 Å². The van der Waals surface area contributed by atoms with Gasteiger partial charge in [0, 0.05) is 0 Å². The number of para-hydroxylation sites is 1. The molecule has 2 aromatic rings. The van der Waals surface area contributed by atoms with Gasteiger partial charge >= 0.3 is 0 Å². The average Bonchev–Trinajstić information content (AvgIpc) is 2.43. The van der Waals surface area contributed by atoms with E-state index in [9.17, 15) is 17.2 Å². The molecular weight excluding hydrogens is 296 g/mol. The summed E-state index contributed by atoms with van der Waals surface area (Å²) < 4.78 is 53.1. The Morgan fingerprint density at radius 2 is 1.81 bits per heavy atom. The monoisotopic (exact) mass is 311 g/mol. The van der Waals surface area contributed by atoms with Crippen molar-refractivity contribution >= 4 is 15.7 Å².